The maximum absolute atomic E-state index is 4.63. The van der Waals surface area contributed by atoms with E-state index >= 15 is 0 Å². The smallest absolute Gasteiger partial charge is 0.150 e. The van der Waals surface area contributed by atoms with E-state index in [0.717, 1.165) is 42.1 Å². The lowest BCUT2D eigenvalue weighted by atomic mass is 9.87. The molecule has 2 rings (SSSR count). The summed E-state index contributed by atoms with van der Waals surface area (Å²) in [6.45, 7) is 11.0. The molecule has 0 amide bonds. The molecule has 94 valence electrons. The topological polar surface area (TPSA) is 29.0 Å². The van der Waals surface area contributed by atoms with Gasteiger partial charge in [0.2, 0.25) is 0 Å². The van der Waals surface area contributed by atoms with Crippen LogP contribution in [0.25, 0.3) is 0 Å². The summed E-state index contributed by atoms with van der Waals surface area (Å²) in [4.78, 5) is 11.4. The second-order valence-electron chi connectivity index (χ2n) is 5.49. The fourth-order valence-electron chi connectivity index (χ4n) is 2.60. The van der Waals surface area contributed by atoms with Crippen molar-refractivity contribution in [2.45, 2.75) is 40.5 Å². The molecule has 0 spiro atoms. The summed E-state index contributed by atoms with van der Waals surface area (Å²) < 4.78 is 0. The van der Waals surface area contributed by atoms with Crippen LogP contribution in [0, 0.1) is 25.7 Å². The van der Waals surface area contributed by atoms with Crippen molar-refractivity contribution in [2.75, 3.05) is 18.0 Å². The van der Waals surface area contributed by atoms with Crippen LogP contribution >= 0.6 is 0 Å². The zero-order chi connectivity index (χ0) is 12.4. The van der Waals surface area contributed by atoms with E-state index in [2.05, 4.69) is 35.6 Å². The van der Waals surface area contributed by atoms with Crippen molar-refractivity contribution in [1.82, 2.24) is 9.97 Å². The molecule has 0 N–H and O–H groups in total. The fourth-order valence-corrected chi connectivity index (χ4v) is 2.60. The van der Waals surface area contributed by atoms with Crippen LogP contribution in [0.2, 0.25) is 0 Å². The van der Waals surface area contributed by atoms with Gasteiger partial charge in [-0.05, 0) is 38.5 Å². The Kier molecular flexibility index (Phi) is 3.65. The van der Waals surface area contributed by atoms with Gasteiger partial charge in [-0.25, -0.2) is 4.98 Å². The number of anilines is 1. The van der Waals surface area contributed by atoms with E-state index in [1.807, 2.05) is 13.1 Å². The van der Waals surface area contributed by atoms with Gasteiger partial charge in [0.25, 0.3) is 0 Å². The van der Waals surface area contributed by atoms with E-state index in [1.165, 1.54) is 12.8 Å². The summed E-state index contributed by atoms with van der Waals surface area (Å²) in [6, 6.07) is 0. The molecule has 0 aliphatic carbocycles. The van der Waals surface area contributed by atoms with Crippen molar-refractivity contribution in [1.29, 1.82) is 0 Å². The van der Waals surface area contributed by atoms with Gasteiger partial charge in [-0.2, -0.15) is 0 Å². The molecule has 1 aromatic heterocycles. The van der Waals surface area contributed by atoms with Gasteiger partial charge < -0.3 is 4.90 Å². The Morgan fingerprint density at radius 1 is 1.24 bits per heavy atom. The Morgan fingerprint density at radius 3 is 2.47 bits per heavy atom. The summed E-state index contributed by atoms with van der Waals surface area (Å²) in [5.74, 6) is 2.78. The van der Waals surface area contributed by atoms with Gasteiger partial charge in [0.1, 0.15) is 5.82 Å². The Morgan fingerprint density at radius 2 is 1.88 bits per heavy atom. The summed E-state index contributed by atoms with van der Waals surface area (Å²) in [5.41, 5.74) is 2.06. The lowest BCUT2D eigenvalue weighted by Crippen LogP contribution is -2.36. The van der Waals surface area contributed by atoms with E-state index < -0.39 is 0 Å². The largest absolute Gasteiger partial charge is 0.355 e. The van der Waals surface area contributed by atoms with Crippen molar-refractivity contribution in [3.63, 3.8) is 0 Å². The highest BCUT2D eigenvalue weighted by atomic mass is 15.2. The molecule has 0 atom stereocenters. The molecular weight excluding hydrogens is 210 g/mol. The van der Waals surface area contributed by atoms with Gasteiger partial charge in [-0.1, -0.05) is 13.8 Å². The zero-order valence-electron chi connectivity index (χ0n) is 11.4. The average molecular weight is 233 g/mol. The molecule has 3 nitrogen and oxygen atoms in total. The molecule has 1 aromatic rings. The second-order valence-corrected chi connectivity index (χ2v) is 5.49. The predicted octanol–water partition coefficient (Wildman–Crippen LogP) is 2.97. The van der Waals surface area contributed by atoms with Crippen molar-refractivity contribution in [3.05, 3.63) is 17.6 Å². The van der Waals surface area contributed by atoms with E-state index in [9.17, 15) is 0 Å². The fraction of sp³-hybridized carbons (Fsp3) is 0.714. The first-order chi connectivity index (χ1) is 8.08. The molecule has 0 saturated carbocycles. The van der Waals surface area contributed by atoms with Crippen molar-refractivity contribution >= 4 is 5.82 Å². The molecule has 0 aromatic carbocycles. The van der Waals surface area contributed by atoms with Crippen LogP contribution < -0.4 is 4.90 Å². The number of aryl methyl sites for hydroxylation is 2. The third-order valence-corrected chi connectivity index (χ3v) is 3.83. The first-order valence-electron chi connectivity index (χ1n) is 6.63. The molecule has 1 aliphatic heterocycles. The Bertz CT molecular complexity index is 379. The van der Waals surface area contributed by atoms with Crippen LogP contribution in [-0.4, -0.2) is 23.1 Å². The van der Waals surface area contributed by atoms with Crippen LogP contribution in [0.1, 0.15) is 38.1 Å². The van der Waals surface area contributed by atoms with E-state index in [0.29, 0.717) is 0 Å². The number of nitrogens with zero attached hydrogens (tertiary/aromatic N) is 3. The molecule has 0 radical (unpaired) electrons. The molecule has 1 aliphatic rings. The maximum atomic E-state index is 4.63. The maximum Gasteiger partial charge on any atom is 0.150 e. The SMILES string of the molecule is Cc1cnc(C)c(N2CCC(C(C)C)CC2)n1. The van der Waals surface area contributed by atoms with E-state index in [-0.39, 0.29) is 0 Å². The molecule has 3 heteroatoms. The van der Waals surface area contributed by atoms with Gasteiger partial charge in [0, 0.05) is 19.3 Å². The van der Waals surface area contributed by atoms with Gasteiger partial charge in [0.15, 0.2) is 0 Å². The molecule has 0 bridgehead atoms. The number of piperidine rings is 1. The highest BCUT2D eigenvalue weighted by Gasteiger charge is 2.23. The third-order valence-electron chi connectivity index (χ3n) is 3.83. The monoisotopic (exact) mass is 233 g/mol. The summed E-state index contributed by atoms with van der Waals surface area (Å²) in [7, 11) is 0. The predicted molar refractivity (Wildman–Crippen MR) is 71.3 cm³/mol. The first-order valence-corrected chi connectivity index (χ1v) is 6.63. The van der Waals surface area contributed by atoms with E-state index in [1.54, 1.807) is 0 Å². The normalized spacial score (nSPS) is 17.8. The Hall–Kier alpha value is -1.12. The molecule has 17 heavy (non-hydrogen) atoms. The standard InChI is InChI=1S/C14H23N3/c1-10(2)13-5-7-17(8-6-13)14-12(4)15-9-11(3)16-14/h9-10,13H,5-8H2,1-4H3. The number of hydrogen-bond donors (Lipinski definition) is 0. The second kappa shape index (κ2) is 5.03. The minimum Gasteiger partial charge on any atom is -0.355 e. The lowest BCUT2D eigenvalue weighted by Gasteiger charge is -2.35. The van der Waals surface area contributed by atoms with Gasteiger partial charge in [-0.15, -0.1) is 0 Å². The minimum absolute atomic E-state index is 0.807. The molecule has 0 unspecified atom stereocenters. The molecule has 2 heterocycles. The average Bonchev–Trinajstić information content (AvgIpc) is 2.32. The van der Waals surface area contributed by atoms with E-state index in [4.69, 9.17) is 0 Å². The van der Waals surface area contributed by atoms with Gasteiger partial charge in [-0.3, -0.25) is 4.98 Å². The van der Waals surface area contributed by atoms with Crippen molar-refractivity contribution < 1.29 is 0 Å². The van der Waals surface area contributed by atoms with Crippen molar-refractivity contribution in [2.24, 2.45) is 11.8 Å². The molecule has 1 saturated heterocycles. The number of hydrogen-bond acceptors (Lipinski definition) is 3. The van der Waals surface area contributed by atoms with Gasteiger partial charge >= 0.3 is 0 Å². The summed E-state index contributed by atoms with van der Waals surface area (Å²) >= 11 is 0. The minimum atomic E-state index is 0.807. The van der Waals surface area contributed by atoms with Crippen LogP contribution in [0.3, 0.4) is 0 Å². The molecule has 1 fully saturated rings. The van der Waals surface area contributed by atoms with Crippen LogP contribution in [0.15, 0.2) is 6.20 Å². The van der Waals surface area contributed by atoms with Crippen LogP contribution in [-0.2, 0) is 0 Å². The van der Waals surface area contributed by atoms with Crippen LogP contribution in [0.4, 0.5) is 5.82 Å². The number of rotatable bonds is 2. The molecular formula is C14H23N3. The lowest BCUT2D eigenvalue weighted by molar-refractivity contribution is 0.310. The first kappa shape index (κ1) is 12.3. The third kappa shape index (κ3) is 2.76. The summed E-state index contributed by atoms with van der Waals surface area (Å²) in [5, 5.41) is 0. The highest BCUT2D eigenvalue weighted by molar-refractivity contribution is 5.43. The quantitative estimate of drug-likeness (QED) is 0.786. The zero-order valence-corrected chi connectivity index (χ0v) is 11.4. The Balaban J connectivity index is 2.07. The Labute approximate surface area is 104 Å². The van der Waals surface area contributed by atoms with Gasteiger partial charge in [0.05, 0.1) is 11.4 Å². The van der Waals surface area contributed by atoms with Crippen LogP contribution in [0.5, 0.6) is 0 Å². The number of aromatic nitrogens is 2. The summed E-state index contributed by atoms with van der Waals surface area (Å²) in [6.07, 6.45) is 4.42. The van der Waals surface area contributed by atoms with Crippen molar-refractivity contribution in [3.8, 4) is 0 Å². The highest BCUT2D eigenvalue weighted by Crippen LogP contribution is 2.27.